The number of pyridine rings is 1. The Hall–Kier alpha value is -1.09. The van der Waals surface area contributed by atoms with Gasteiger partial charge in [0.15, 0.2) is 0 Å². The van der Waals surface area contributed by atoms with Crippen LogP contribution in [0.25, 0.3) is 0 Å². The molecule has 112 valence electrons. The van der Waals surface area contributed by atoms with Gasteiger partial charge in [-0.2, -0.15) is 0 Å². The molecule has 3 heteroatoms. The molecule has 20 heavy (non-hydrogen) atoms. The Morgan fingerprint density at radius 2 is 2.05 bits per heavy atom. The van der Waals surface area contributed by atoms with Crippen LogP contribution in [-0.4, -0.2) is 24.1 Å². The van der Waals surface area contributed by atoms with Crippen molar-refractivity contribution in [3.63, 3.8) is 0 Å². The normalized spacial score (nSPS) is 14.6. The molecule has 3 nitrogen and oxygen atoms in total. The maximum Gasteiger partial charge on any atom is 0.129 e. The Kier molecular flexibility index (Phi) is 5.84. The van der Waals surface area contributed by atoms with E-state index in [0.29, 0.717) is 0 Å². The molecule has 1 aromatic rings. The van der Waals surface area contributed by atoms with Crippen LogP contribution in [0.3, 0.4) is 0 Å². The van der Waals surface area contributed by atoms with Gasteiger partial charge in [0, 0.05) is 31.4 Å². The van der Waals surface area contributed by atoms with E-state index >= 15 is 0 Å². The Morgan fingerprint density at radius 3 is 2.65 bits per heavy atom. The average Bonchev–Trinajstić information content (AvgIpc) is 3.30. The van der Waals surface area contributed by atoms with Crippen LogP contribution >= 0.6 is 0 Å². The standard InChI is InChI=1S/C17H29N3/c1-4-7-10-20(6-3)17-12-14(11-15(5-2)19-17)13-18-16-8-9-16/h11-12,16,18H,4-10,13H2,1-3H3. The first-order valence-electron chi connectivity index (χ1n) is 8.25. The van der Waals surface area contributed by atoms with E-state index in [0.717, 1.165) is 37.9 Å². The molecule has 0 bridgehead atoms. The van der Waals surface area contributed by atoms with Gasteiger partial charge in [0.25, 0.3) is 0 Å². The number of aryl methyl sites for hydroxylation is 1. The minimum atomic E-state index is 0.763. The number of unbranched alkanes of at least 4 members (excludes halogenated alkanes) is 1. The van der Waals surface area contributed by atoms with Crippen LogP contribution in [0.2, 0.25) is 0 Å². The van der Waals surface area contributed by atoms with Gasteiger partial charge in [-0.3, -0.25) is 0 Å². The number of rotatable bonds is 9. The van der Waals surface area contributed by atoms with Gasteiger partial charge < -0.3 is 10.2 Å². The maximum atomic E-state index is 4.82. The molecule has 1 aromatic heterocycles. The molecule has 0 aliphatic heterocycles. The monoisotopic (exact) mass is 275 g/mol. The van der Waals surface area contributed by atoms with Crippen LogP contribution in [0.4, 0.5) is 5.82 Å². The van der Waals surface area contributed by atoms with Gasteiger partial charge in [0.1, 0.15) is 5.82 Å². The Labute approximate surface area is 123 Å². The van der Waals surface area contributed by atoms with E-state index < -0.39 is 0 Å². The molecule has 1 aliphatic rings. The third-order valence-electron chi connectivity index (χ3n) is 3.95. The third kappa shape index (κ3) is 4.48. The van der Waals surface area contributed by atoms with Crippen LogP contribution in [-0.2, 0) is 13.0 Å². The van der Waals surface area contributed by atoms with E-state index in [4.69, 9.17) is 4.98 Å². The highest BCUT2D eigenvalue weighted by Gasteiger charge is 2.20. The van der Waals surface area contributed by atoms with Crippen molar-refractivity contribution in [3.8, 4) is 0 Å². The van der Waals surface area contributed by atoms with Crippen molar-refractivity contribution < 1.29 is 0 Å². The molecule has 1 heterocycles. The second-order valence-corrected chi connectivity index (χ2v) is 5.77. The van der Waals surface area contributed by atoms with E-state index in [1.807, 2.05) is 0 Å². The summed E-state index contributed by atoms with van der Waals surface area (Å²) in [6.07, 6.45) is 6.17. The van der Waals surface area contributed by atoms with Gasteiger partial charge in [0.05, 0.1) is 0 Å². The zero-order valence-corrected chi connectivity index (χ0v) is 13.3. The predicted octanol–water partition coefficient (Wildman–Crippen LogP) is 3.52. The zero-order chi connectivity index (χ0) is 14.4. The van der Waals surface area contributed by atoms with Crippen LogP contribution in [0.15, 0.2) is 12.1 Å². The summed E-state index contributed by atoms with van der Waals surface area (Å²) in [6, 6.07) is 5.29. The summed E-state index contributed by atoms with van der Waals surface area (Å²) in [6.45, 7) is 9.79. The summed E-state index contributed by atoms with van der Waals surface area (Å²) in [7, 11) is 0. The number of anilines is 1. The van der Waals surface area contributed by atoms with Gasteiger partial charge in [-0.15, -0.1) is 0 Å². The second kappa shape index (κ2) is 7.63. The van der Waals surface area contributed by atoms with Crippen molar-refractivity contribution in [2.75, 3.05) is 18.0 Å². The van der Waals surface area contributed by atoms with E-state index in [1.165, 1.54) is 36.9 Å². The van der Waals surface area contributed by atoms with Gasteiger partial charge in [-0.05, 0) is 50.3 Å². The Morgan fingerprint density at radius 1 is 1.25 bits per heavy atom. The van der Waals surface area contributed by atoms with Crippen molar-refractivity contribution in [1.29, 1.82) is 0 Å². The highest BCUT2D eigenvalue weighted by atomic mass is 15.2. The predicted molar refractivity (Wildman–Crippen MR) is 86.3 cm³/mol. The zero-order valence-electron chi connectivity index (χ0n) is 13.3. The van der Waals surface area contributed by atoms with Gasteiger partial charge in [0.2, 0.25) is 0 Å². The largest absolute Gasteiger partial charge is 0.357 e. The SMILES string of the molecule is CCCCN(CC)c1cc(CNC2CC2)cc(CC)n1. The molecule has 0 saturated heterocycles. The van der Waals surface area contributed by atoms with E-state index in [9.17, 15) is 0 Å². The average molecular weight is 275 g/mol. The Balaban J connectivity index is 2.09. The quantitative estimate of drug-likeness (QED) is 0.747. The fourth-order valence-corrected chi connectivity index (χ4v) is 2.41. The fourth-order valence-electron chi connectivity index (χ4n) is 2.41. The molecule has 2 rings (SSSR count). The van der Waals surface area contributed by atoms with E-state index in [1.54, 1.807) is 0 Å². The molecule has 1 saturated carbocycles. The van der Waals surface area contributed by atoms with Crippen molar-refractivity contribution >= 4 is 5.82 Å². The third-order valence-corrected chi connectivity index (χ3v) is 3.95. The first kappa shape index (κ1) is 15.3. The number of hydrogen-bond acceptors (Lipinski definition) is 3. The first-order chi connectivity index (χ1) is 9.76. The molecule has 0 spiro atoms. The van der Waals surface area contributed by atoms with Gasteiger partial charge in [-0.25, -0.2) is 4.98 Å². The molecule has 1 fully saturated rings. The highest BCUT2D eigenvalue weighted by molar-refractivity contribution is 5.42. The number of nitrogens with one attached hydrogen (secondary N) is 1. The number of nitrogens with zero attached hydrogens (tertiary/aromatic N) is 2. The lowest BCUT2D eigenvalue weighted by Gasteiger charge is -2.23. The van der Waals surface area contributed by atoms with Crippen molar-refractivity contribution in [2.45, 2.75) is 65.5 Å². The summed E-state index contributed by atoms with van der Waals surface area (Å²) >= 11 is 0. The second-order valence-electron chi connectivity index (χ2n) is 5.77. The van der Waals surface area contributed by atoms with Gasteiger partial charge >= 0.3 is 0 Å². The fraction of sp³-hybridized carbons (Fsp3) is 0.706. The summed E-state index contributed by atoms with van der Waals surface area (Å²) in [5.41, 5.74) is 2.60. The summed E-state index contributed by atoms with van der Waals surface area (Å²) < 4.78 is 0. The van der Waals surface area contributed by atoms with Gasteiger partial charge in [-0.1, -0.05) is 20.3 Å². The lowest BCUT2D eigenvalue weighted by molar-refractivity contribution is 0.682. The van der Waals surface area contributed by atoms with E-state index in [-0.39, 0.29) is 0 Å². The van der Waals surface area contributed by atoms with Crippen molar-refractivity contribution in [2.24, 2.45) is 0 Å². The molecule has 0 amide bonds. The topological polar surface area (TPSA) is 28.2 Å². The molecule has 0 radical (unpaired) electrons. The lowest BCUT2D eigenvalue weighted by atomic mass is 10.1. The summed E-state index contributed by atoms with van der Waals surface area (Å²) in [5.74, 6) is 1.16. The number of hydrogen-bond donors (Lipinski definition) is 1. The van der Waals surface area contributed by atoms with Crippen LogP contribution < -0.4 is 10.2 Å². The maximum absolute atomic E-state index is 4.82. The van der Waals surface area contributed by atoms with Crippen LogP contribution in [0.1, 0.15) is 57.7 Å². The van der Waals surface area contributed by atoms with Crippen LogP contribution in [0, 0.1) is 0 Å². The minimum Gasteiger partial charge on any atom is -0.357 e. The molecule has 1 aliphatic carbocycles. The number of aromatic nitrogens is 1. The molecule has 1 N–H and O–H groups in total. The van der Waals surface area contributed by atoms with Crippen molar-refractivity contribution in [3.05, 3.63) is 23.4 Å². The minimum absolute atomic E-state index is 0.763. The summed E-state index contributed by atoms with van der Waals surface area (Å²) in [5, 5.41) is 3.61. The van der Waals surface area contributed by atoms with Crippen molar-refractivity contribution in [1.82, 2.24) is 10.3 Å². The molecule has 0 aromatic carbocycles. The summed E-state index contributed by atoms with van der Waals surface area (Å²) in [4.78, 5) is 7.22. The lowest BCUT2D eigenvalue weighted by Crippen LogP contribution is -2.25. The van der Waals surface area contributed by atoms with Crippen LogP contribution in [0.5, 0.6) is 0 Å². The first-order valence-corrected chi connectivity index (χ1v) is 8.25. The molecular weight excluding hydrogens is 246 g/mol. The molecule has 0 atom stereocenters. The molecular formula is C17H29N3. The molecule has 0 unspecified atom stereocenters. The smallest absolute Gasteiger partial charge is 0.129 e. The Bertz CT molecular complexity index is 413. The van der Waals surface area contributed by atoms with E-state index in [2.05, 4.69) is 43.1 Å². The highest BCUT2D eigenvalue weighted by Crippen LogP contribution is 2.21.